The second-order valence-electron chi connectivity index (χ2n) is 9.20. The number of amides is 1. The maximum Gasteiger partial charge on any atom is 0.231 e. The van der Waals surface area contributed by atoms with Crippen LogP contribution in [0.4, 0.5) is 5.69 Å². The van der Waals surface area contributed by atoms with Gasteiger partial charge in [0.1, 0.15) is 11.9 Å². The highest BCUT2D eigenvalue weighted by atomic mass is 32.1. The van der Waals surface area contributed by atoms with Crippen LogP contribution >= 0.6 is 11.3 Å². The molecule has 3 aromatic rings. The molecular formula is C28H33N3O2S. The minimum Gasteiger partial charge on any atom is -0.485 e. The van der Waals surface area contributed by atoms with E-state index in [9.17, 15) is 4.79 Å². The van der Waals surface area contributed by atoms with Crippen molar-refractivity contribution >= 4 is 22.9 Å². The molecule has 5 nitrogen and oxygen atoms in total. The number of carbonyl (C=O) groups excluding carboxylic acids is 1. The number of anilines is 1. The monoisotopic (exact) mass is 475 g/mol. The first kappa shape index (κ1) is 23.1. The molecule has 5 rings (SSSR count). The van der Waals surface area contributed by atoms with Crippen molar-refractivity contribution in [1.82, 2.24) is 10.2 Å². The van der Waals surface area contributed by atoms with Gasteiger partial charge < -0.3 is 15.0 Å². The minimum absolute atomic E-state index is 0.0561. The van der Waals surface area contributed by atoms with E-state index < -0.39 is 0 Å². The highest BCUT2D eigenvalue weighted by Gasteiger charge is 2.34. The Labute approximate surface area is 206 Å². The highest BCUT2D eigenvalue weighted by Crippen LogP contribution is 2.34. The summed E-state index contributed by atoms with van der Waals surface area (Å²) in [4.78, 5) is 18.5. The van der Waals surface area contributed by atoms with E-state index in [4.69, 9.17) is 4.74 Å². The molecule has 3 heterocycles. The van der Waals surface area contributed by atoms with Gasteiger partial charge in [0.15, 0.2) is 0 Å². The van der Waals surface area contributed by atoms with Gasteiger partial charge in [-0.2, -0.15) is 0 Å². The Kier molecular flexibility index (Phi) is 7.28. The van der Waals surface area contributed by atoms with E-state index in [-0.39, 0.29) is 12.0 Å². The van der Waals surface area contributed by atoms with Crippen LogP contribution in [0.15, 0.2) is 66.0 Å². The average Bonchev–Trinajstić information content (AvgIpc) is 3.51. The van der Waals surface area contributed by atoms with Crippen molar-refractivity contribution in [2.75, 3.05) is 31.6 Å². The summed E-state index contributed by atoms with van der Waals surface area (Å²) in [5.74, 6) is 1.22. The van der Waals surface area contributed by atoms with Gasteiger partial charge in [-0.15, -0.1) is 11.3 Å². The SMILES string of the molecule is CNCCC(Oc1ccccc1CN1CCC(N2C(=O)Cc3ccccc32)CC1)c1cccs1. The lowest BCUT2D eigenvalue weighted by molar-refractivity contribution is -0.118. The van der Waals surface area contributed by atoms with Crippen LogP contribution in [0.5, 0.6) is 5.75 Å². The van der Waals surface area contributed by atoms with Crippen molar-refractivity contribution < 1.29 is 9.53 Å². The van der Waals surface area contributed by atoms with Crippen LogP contribution in [0.3, 0.4) is 0 Å². The Morgan fingerprint density at radius 2 is 1.85 bits per heavy atom. The number of fused-ring (bicyclic) bond motifs is 1. The summed E-state index contributed by atoms with van der Waals surface area (Å²) in [5.41, 5.74) is 3.51. The molecule has 2 aliphatic rings. The fraction of sp³-hybridized carbons (Fsp3) is 0.393. The molecule has 1 fully saturated rings. The summed E-state index contributed by atoms with van der Waals surface area (Å²) in [5, 5.41) is 5.37. The molecule has 178 valence electrons. The van der Waals surface area contributed by atoms with E-state index in [2.05, 4.69) is 69.0 Å². The second kappa shape index (κ2) is 10.7. The summed E-state index contributed by atoms with van der Waals surface area (Å²) in [6.07, 6.45) is 3.54. The van der Waals surface area contributed by atoms with Crippen LogP contribution < -0.4 is 15.0 Å². The largest absolute Gasteiger partial charge is 0.485 e. The Morgan fingerprint density at radius 3 is 2.65 bits per heavy atom. The van der Waals surface area contributed by atoms with Crippen molar-refractivity contribution in [3.05, 3.63) is 82.0 Å². The molecule has 1 amide bonds. The van der Waals surface area contributed by atoms with Gasteiger partial charge in [-0.3, -0.25) is 9.69 Å². The number of benzene rings is 2. The van der Waals surface area contributed by atoms with Gasteiger partial charge in [0.2, 0.25) is 5.91 Å². The highest BCUT2D eigenvalue weighted by molar-refractivity contribution is 7.10. The maximum absolute atomic E-state index is 12.7. The number of thiophene rings is 1. The first-order chi connectivity index (χ1) is 16.7. The zero-order valence-electron chi connectivity index (χ0n) is 19.8. The van der Waals surface area contributed by atoms with Crippen molar-refractivity contribution in [3.63, 3.8) is 0 Å². The summed E-state index contributed by atoms with van der Waals surface area (Å²) in [7, 11) is 1.98. The van der Waals surface area contributed by atoms with E-state index in [1.807, 2.05) is 19.2 Å². The molecule has 0 bridgehead atoms. The van der Waals surface area contributed by atoms with Crippen LogP contribution in [-0.4, -0.2) is 43.5 Å². The zero-order chi connectivity index (χ0) is 23.3. The van der Waals surface area contributed by atoms with E-state index in [0.717, 1.165) is 56.9 Å². The third-order valence-corrected chi connectivity index (χ3v) is 7.90. The number of rotatable bonds is 9. The summed E-state index contributed by atoms with van der Waals surface area (Å²) < 4.78 is 6.58. The first-order valence-corrected chi connectivity index (χ1v) is 13.2. The predicted molar refractivity (Wildman–Crippen MR) is 139 cm³/mol. The molecule has 0 spiro atoms. The molecule has 0 saturated carbocycles. The van der Waals surface area contributed by atoms with E-state index >= 15 is 0 Å². The molecule has 1 aromatic heterocycles. The topological polar surface area (TPSA) is 44.8 Å². The van der Waals surface area contributed by atoms with Gasteiger partial charge in [0.25, 0.3) is 0 Å². The predicted octanol–water partition coefficient (Wildman–Crippen LogP) is 5.03. The Hall–Kier alpha value is -2.67. The van der Waals surface area contributed by atoms with Crippen LogP contribution in [0, 0.1) is 0 Å². The summed E-state index contributed by atoms with van der Waals surface area (Å²) in [6, 6.07) is 21.2. The minimum atomic E-state index is 0.0561. The molecular weight excluding hydrogens is 442 g/mol. The van der Waals surface area contributed by atoms with Gasteiger partial charge in [0, 0.05) is 48.2 Å². The van der Waals surface area contributed by atoms with E-state index in [1.165, 1.54) is 16.0 Å². The quantitative estimate of drug-likeness (QED) is 0.471. The number of piperidine rings is 1. The molecule has 1 unspecified atom stereocenters. The molecule has 1 N–H and O–H groups in total. The van der Waals surface area contributed by atoms with Gasteiger partial charge >= 0.3 is 0 Å². The number of carbonyl (C=O) groups is 1. The fourth-order valence-electron chi connectivity index (χ4n) is 5.17. The summed E-state index contributed by atoms with van der Waals surface area (Å²) >= 11 is 1.75. The lowest BCUT2D eigenvalue weighted by atomic mass is 10.0. The van der Waals surface area contributed by atoms with Crippen LogP contribution in [0.1, 0.15) is 41.4 Å². The second-order valence-corrected chi connectivity index (χ2v) is 10.2. The van der Waals surface area contributed by atoms with Crippen molar-refractivity contribution in [2.24, 2.45) is 0 Å². The molecule has 0 aliphatic carbocycles. The molecule has 1 atom stereocenters. The molecule has 0 radical (unpaired) electrons. The van der Waals surface area contributed by atoms with Crippen molar-refractivity contribution in [1.29, 1.82) is 0 Å². The lowest BCUT2D eigenvalue weighted by Gasteiger charge is -2.37. The van der Waals surface area contributed by atoms with Gasteiger partial charge in [-0.25, -0.2) is 0 Å². The van der Waals surface area contributed by atoms with Gasteiger partial charge in [0.05, 0.1) is 6.42 Å². The van der Waals surface area contributed by atoms with Crippen LogP contribution in [-0.2, 0) is 17.8 Å². The standard InChI is InChI=1S/C28H33N3O2S/c1-29-15-12-26(27-11-6-18-34-27)33-25-10-5-3-8-22(25)20-30-16-13-23(14-17-30)31-24-9-4-2-7-21(24)19-28(31)32/h2-11,18,23,26,29H,12-17,19-20H2,1H3. The average molecular weight is 476 g/mol. The maximum atomic E-state index is 12.7. The number of hydrogen-bond donors (Lipinski definition) is 1. The number of para-hydroxylation sites is 2. The molecule has 1 saturated heterocycles. The molecule has 6 heteroatoms. The Balaban J connectivity index is 1.23. The fourth-order valence-corrected chi connectivity index (χ4v) is 5.96. The lowest BCUT2D eigenvalue weighted by Crippen LogP contribution is -2.46. The van der Waals surface area contributed by atoms with Crippen LogP contribution in [0.25, 0.3) is 0 Å². The van der Waals surface area contributed by atoms with Crippen molar-refractivity contribution in [2.45, 2.75) is 44.4 Å². The normalized spacial score (nSPS) is 17.7. The Bertz CT molecular complexity index is 1090. The van der Waals surface area contributed by atoms with E-state index in [0.29, 0.717) is 12.5 Å². The smallest absolute Gasteiger partial charge is 0.231 e. The molecule has 2 aliphatic heterocycles. The molecule has 2 aromatic carbocycles. The number of nitrogens with zero attached hydrogens (tertiary/aromatic N) is 2. The number of likely N-dealkylation sites (tertiary alicyclic amines) is 1. The number of ether oxygens (including phenoxy) is 1. The first-order valence-electron chi connectivity index (χ1n) is 12.3. The van der Waals surface area contributed by atoms with E-state index in [1.54, 1.807) is 11.3 Å². The van der Waals surface area contributed by atoms with Crippen LogP contribution in [0.2, 0.25) is 0 Å². The van der Waals surface area contributed by atoms with Gasteiger partial charge in [-0.1, -0.05) is 42.5 Å². The van der Waals surface area contributed by atoms with Gasteiger partial charge in [-0.05, 0) is 55.6 Å². The zero-order valence-corrected chi connectivity index (χ0v) is 20.6. The third-order valence-electron chi connectivity index (χ3n) is 6.94. The summed E-state index contributed by atoms with van der Waals surface area (Å²) in [6.45, 7) is 3.76. The van der Waals surface area contributed by atoms with Crippen molar-refractivity contribution in [3.8, 4) is 5.75 Å². The number of nitrogens with one attached hydrogen (secondary N) is 1. The third kappa shape index (κ3) is 5.04. The Morgan fingerprint density at radius 1 is 1.06 bits per heavy atom. The number of hydrogen-bond acceptors (Lipinski definition) is 5. The molecule has 34 heavy (non-hydrogen) atoms.